The second-order valence-electron chi connectivity index (χ2n) is 12.7. The number of anilines is 2. The lowest BCUT2D eigenvalue weighted by Crippen LogP contribution is -2.35. The lowest BCUT2D eigenvalue weighted by atomic mass is 9.90. The number of carbonyl (C=O) groups is 2. The molecule has 0 unspecified atom stereocenters. The SMILES string of the molecule is COc1cc(-c2nccc(-c3cccc(Nc4nccc(CN5CC[C@](C)(C(=O)O)C5)c4F)c3Cl)c2Cl)ccc1CNC[C@@H]1CCC(=O)N1. The molecule has 10 nitrogen and oxygen atoms in total. The third-order valence-electron chi connectivity index (χ3n) is 9.21. The van der Waals surface area contributed by atoms with Gasteiger partial charge in [0.15, 0.2) is 11.6 Å². The number of likely N-dealkylation sites (tertiary alicyclic amines) is 1. The number of amides is 1. The molecule has 2 fully saturated rings. The molecule has 2 aromatic heterocycles. The van der Waals surface area contributed by atoms with E-state index in [2.05, 4.69) is 25.9 Å². The summed E-state index contributed by atoms with van der Waals surface area (Å²) in [5, 5.41) is 19.7. The smallest absolute Gasteiger partial charge is 0.310 e. The Morgan fingerprint density at radius 1 is 1.12 bits per heavy atom. The topological polar surface area (TPSA) is 129 Å². The third kappa shape index (κ3) is 7.50. The summed E-state index contributed by atoms with van der Waals surface area (Å²) in [5.74, 6) is -0.616. The Kier molecular flexibility index (Phi) is 10.4. The highest BCUT2D eigenvalue weighted by Crippen LogP contribution is 2.42. The number of hydrogen-bond acceptors (Lipinski definition) is 8. The van der Waals surface area contributed by atoms with Gasteiger partial charge in [0.2, 0.25) is 5.91 Å². The van der Waals surface area contributed by atoms with Crippen LogP contribution in [-0.2, 0) is 22.7 Å². The molecule has 6 rings (SSSR count). The number of benzene rings is 2. The van der Waals surface area contributed by atoms with Crippen molar-refractivity contribution in [2.24, 2.45) is 5.41 Å². The molecule has 0 spiro atoms. The zero-order valence-electron chi connectivity index (χ0n) is 27.2. The number of carbonyl (C=O) groups excluding carboxylic acids is 1. The van der Waals surface area contributed by atoms with Gasteiger partial charge in [-0.25, -0.2) is 9.37 Å². The maximum Gasteiger partial charge on any atom is 0.310 e. The molecule has 1 amide bonds. The van der Waals surface area contributed by atoms with Gasteiger partial charge in [0.1, 0.15) is 5.75 Å². The van der Waals surface area contributed by atoms with Crippen LogP contribution in [0.2, 0.25) is 10.0 Å². The van der Waals surface area contributed by atoms with E-state index in [1.807, 2.05) is 29.2 Å². The van der Waals surface area contributed by atoms with Crippen LogP contribution in [0.15, 0.2) is 60.9 Å². The van der Waals surface area contributed by atoms with E-state index in [-0.39, 0.29) is 24.3 Å². The number of halogens is 3. The summed E-state index contributed by atoms with van der Waals surface area (Å²) >= 11 is 13.9. The number of hydrogen-bond donors (Lipinski definition) is 4. The van der Waals surface area contributed by atoms with Crippen LogP contribution < -0.4 is 20.7 Å². The number of aromatic nitrogens is 2. The fraction of sp³-hybridized carbons (Fsp3) is 0.333. The normalized spacial score (nSPS) is 19.2. The van der Waals surface area contributed by atoms with E-state index in [4.69, 9.17) is 27.9 Å². The van der Waals surface area contributed by atoms with E-state index in [9.17, 15) is 14.7 Å². The largest absolute Gasteiger partial charge is 0.496 e. The Bertz CT molecular complexity index is 1890. The van der Waals surface area contributed by atoms with Crippen molar-refractivity contribution in [3.8, 4) is 28.1 Å². The minimum Gasteiger partial charge on any atom is -0.496 e. The van der Waals surface area contributed by atoms with Crippen LogP contribution in [0.5, 0.6) is 5.75 Å². The molecule has 4 aromatic rings. The van der Waals surface area contributed by atoms with E-state index >= 15 is 4.39 Å². The van der Waals surface area contributed by atoms with Crippen LogP contribution in [0.25, 0.3) is 22.4 Å². The van der Waals surface area contributed by atoms with Gasteiger partial charge >= 0.3 is 5.97 Å². The Hall–Kier alpha value is -4.29. The van der Waals surface area contributed by atoms with Crippen molar-refractivity contribution in [1.82, 2.24) is 25.5 Å². The number of carboxylic acid groups (broad SMARTS) is 1. The number of carboxylic acids is 1. The van der Waals surface area contributed by atoms with Crippen molar-refractivity contribution in [3.63, 3.8) is 0 Å². The molecule has 13 heteroatoms. The Balaban J connectivity index is 1.20. The van der Waals surface area contributed by atoms with Gasteiger partial charge in [-0.2, -0.15) is 0 Å². The van der Waals surface area contributed by atoms with Crippen LogP contribution in [0.4, 0.5) is 15.9 Å². The maximum absolute atomic E-state index is 15.7. The molecule has 0 aliphatic carbocycles. The van der Waals surface area contributed by atoms with Gasteiger partial charge in [0, 0.05) is 78.9 Å². The maximum atomic E-state index is 15.7. The van der Waals surface area contributed by atoms with Gasteiger partial charge < -0.3 is 25.8 Å². The highest BCUT2D eigenvalue weighted by atomic mass is 35.5. The molecule has 0 saturated carbocycles. The first-order valence-corrected chi connectivity index (χ1v) is 16.8. The van der Waals surface area contributed by atoms with Crippen LogP contribution in [-0.4, -0.2) is 64.6 Å². The van der Waals surface area contributed by atoms with Crippen molar-refractivity contribution >= 4 is 46.6 Å². The van der Waals surface area contributed by atoms with E-state index in [1.54, 1.807) is 44.5 Å². The lowest BCUT2D eigenvalue weighted by molar-refractivity contribution is -0.147. The second kappa shape index (κ2) is 14.7. The average Bonchev–Trinajstić information content (AvgIpc) is 3.69. The Morgan fingerprint density at radius 3 is 2.65 bits per heavy atom. The summed E-state index contributed by atoms with van der Waals surface area (Å²) in [5.41, 5.74) is 3.50. The van der Waals surface area contributed by atoms with Crippen molar-refractivity contribution < 1.29 is 23.8 Å². The molecule has 0 radical (unpaired) electrons. The third-order valence-corrected chi connectivity index (χ3v) is 10.0. The minimum absolute atomic E-state index is 0.00734. The number of pyridine rings is 2. The van der Waals surface area contributed by atoms with Crippen molar-refractivity contribution in [1.29, 1.82) is 0 Å². The minimum atomic E-state index is -0.851. The molecular weight excluding hydrogens is 670 g/mol. The van der Waals surface area contributed by atoms with Crippen molar-refractivity contribution in [2.45, 2.75) is 45.3 Å². The Labute approximate surface area is 294 Å². The van der Waals surface area contributed by atoms with Crippen molar-refractivity contribution in [2.75, 3.05) is 32.1 Å². The van der Waals surface area contributed by atoms with Gasteiger partial charge in [0.05, 0.1) is 34.0 Å². The van der Waals surface area contributed by atoms with Crippen LogP contribution in [0.1, 0.15) is 37.3 Å². The van der Waals surface area contributed by atoms with Gasteiger partial charge in [0.25, 0.3) is 0 Å². The van der Waals surface area contributed by atoms with Crippen LogP contribution in [0, 0.1) is 11.2 Å². The first-order valence-electron chi connectivity index (χ1n) is 16.0. The molecule has 2 aromatic carbocycles. The lowest BCUT2D eigenvalue weighted by Gasteiger charge is -2.20. The number of ether oxygens (including phenoxy) is 1. The standard InChI is InChI=1S/C36H37Cl2FN6O4/c1-36(35(47)48)12-15-45(20-36)19-23-10-13-42-34(32(23)39)44-27-5-3-4-25(30(27)37)26-11-14-41-33(31(26)38)21-6-7-22(28(16-21)49-2)17-40-18-24-8-9-29(46)43-24/h3-7,10-11,13-14,16,24,40H,8-9,12,15,17-20H2,1-2H3,(H,42,44)(H,43,46)(H,47,48)/t24-,36-/m0/s1. The van der Waals surface area contributed by atoms with E-state index < -0.39 is 17.2 Å². The molecule has 49 heavy (non-hydrogen) atoms. The van der Waals surface area contributed by atoms with E-state index in [1.165, 1.54) is 6.20 Å². The highest BCUT2D eigenvalue weighted by Gasteiger charge is 2.40. The van der Waals surface area contributed by atoms with Crippen molar-refractivity contribution in [3.05, 3.63) is 87.9 Å². The number of aliphatic carboxylic acids is 1. The fourth-order valence-corrected chi connectivity index (χ4v) is 6.96. The van der Waals surface area contributed by atoms with Crippen LogP contribution in [0.3, 0.4) is 0 Å². The molecular formula is C36H37Cl2FN6O4. The molecule has 0 bridgehead atoms. The summed E-state index contributed by atoms with van der Waals surface area (Å²) < 4.78 is 21.4. The van der Waals surface area contributed by atoms with Gasteiger partial charge in [-0.3, -0.25) is 19.5 Å². The molecule has 2 aliphatic rings. The zero-order chi connectivity index (χ0) is 34.7. The van der Waals surface area contributed by atoms with Gasteiger partial charge in [-0.05, 0) is 50.6 Å². The molecule has 2 aliphatic heterocycles. The summed E-state index contributed by atoms with van der Waals surface area (Å²) in [7, 11) is 1.61. The molecule has 2 atom stereocenters. The zero-order valence-corrected chi connectivity index (χ0v) is 28.7. The quantitative estimate of drug-likeness (QED) is 0.128. The summed E-state index contributed by atoms with van der Waals surface area (Å²) in [6.45, 7) is 4.11. The monoisotopic (exact) mass is 706 g/mol. The van der Waals surface area contributed by atoms with Gasteiger partial charge in [-0.15, -0.1) is 0 Å². The first kappa shape index (κ1) is 34.6. The first-order chi connectivity index (χ1) is 23.6. The molecule has 2 saturated heterocycles. The number of nitrogens with zero attached hydrogens (tertiary/aromatic N) is 3. The predicted molar refractivity (Wildman–Crippen MR) is 188 cm³/mol. The Morgan fingerprint density at radius 2 is 1.92 bits per heavy atom. The highest BCUT2D eigenvalue weighted by molar-refractivity contribution is 6.39. The average molecular weight is 708 g/mol. The predicted octanol–water partition coefficient (Wildman–Crippen LogP) is 6.67. The summed E-state index contributed by atoms with van der Waals surface area (Å²) in [6.07, 6.45) is 5.05. The number of nitrogens with one attached hydrogen (secondary N) is 3. The van der Waals surface area contributed by atoms with Crippen LogP contribution >= 0.6 is 23.2 Å². The molecule has 256 valence electrons. The van der Waals surface area contributed by atoms with E-state index in [0.717, 1.165) is 17.5 Å². The van der Waals surface area contributed by atoms with E-state index in [0.29, 0.717) is 82.9 Å². The second-order valence-corrected chi connectivity index (χ2v) is 13.5. The van der Waals surface area contributed by atoms with Gasteiger partial charge in [-0.1, -0.05) is 47.5 Å². The molecule has 4 N–H and O–H groups in total. The summed E-state index contributed by atoms with van der Waals surface area (Å²) in [4.78, 5) is 33.9. The fourth-order valence-electron chi connectivity index (χ4n) is 6.37. The number of methoxy groups -OCH3 is 1. The summed E-state index contributed by atoms with van der Waals surface area (Å²) in [6, 6.07) is 14.6. The molecule has 4 heterocycles. The number of rotatable bonds is 12.